The van der Waals surface area contributed by atoms with Gasteiger partial charge in [-0.25, -0.2) is 0 Å². The first-order valence-corrected chi connectivity index (χ1v) is 5.06. The van der Waals surface area contributed by atoms with Crippen LogP contribution in [0.3, 0.4) is 0 Å². The van der Waals surface area contributed by atoms with Gasteiger partial charge in [0, 0.05) is 6.08 Å². The molecule has 0 radical (unpaired) electrons. The van der Waals surface area contributed by atoms with E-state index in [9.17, 15) is 9.90 Å². The Kier molecular flexibility index (Phi) is 3.83. The van der Waals surface area contributed by atoms with Crippen LogP contribution >= 0.6 is 11.8 Å². The summed E-state index contributed by atoms with van der Waals surface area (Å²) in [6, 6.07) is 0. The van der Waals surface area contributed by atoms with E-state index in [1.54, 1.807) is 0 Å². The van der Waals surface area contributed by atoms with Crippen molar-refractivity contribution in [2.75, 3.05) is 0 Å². The largest absolute Gasteiger partial charge is 0.511 e. The molecule has 3 heteroatoms. The number of carbonyl (C=O) groups excluding carboxylic acids is 1. The van der Waals surface area contributed by atoms with Crippen molar-refractivity contribution in [2.24, 2.45) is 0 Å². The zero-order valence-corrected chi connectivity index (χ0v) is 8.25. The fourth-order valence-corrected chi connectivity index (χ4v) is 1.74. The van der Waals surface area contributed by atoms with Gasteiger partial charge in [0.1, 0.15) is 5.76 Å². The molecular weight excluding hydrogens is 184 g/mol. The van der Waals surface area contributed by atoms with Gasteiger partial charge in [0.15, 0.2) is 0 Å². The number of allylic oxidation sites excluding steroid dienone is 3. The Labute approximate surface area is 82.0 Å². The van der Waals surface area contributed by atoms with Gasteiger partial charge in [-0.05, 0) is 6.42 Å². The summed E-state index contributed by atoms with van der Waals surface area (Å²) in [5, 5.41) is 9.00. The molecule has 0 spiro atoms. The van der Waals surface area contributed by atoms with Crippen LogP contribution in [0.15, 0.2) is 36.1 Å². The summed E-state index contributed by atoms with van der Waals surface area (Å²) in [5.74, 6) is 0.149. The van der Waals surface area contributed by atoms with Crippen LogP contribution in [0.2, 0.25) is 0 Å². The Bertz CT molecular complexity index is 277. The molecule has 1 aliphatic heterocycles. The van der Waals surface area contributed by atoms with Gasteiger partial charge in [0.05, 0.1) is 5.25 Å². The Balaban J connectivity index is 2.47. The molecule has 1 rings (SSSR count). The van der Waals surface area contributed by atoms with Gasteiger partial charge in [0.2, 0.25) is 5.12 Å². The van der Waals surface area contributed by atoms with Gasteiger partial charge in [-0.15, -0.1) is 0 Å². The predicted octanol–water partition coefficient (Wildman–Crippen LogP) is 2.59. The number of thioether (sulfide) groups is 1. The lowest BCUT2D eigenvalue weighted by Crippen LogP contribution is -1.96. The molecular formula is C10H12O2S. The summed E-state index contributed by atoms with van der Waals surface area (Å²) in [6.45, 7) is 2.05. The summed E-state index contributed by atoms with van der Waals surface area (Å²) < 4.78 is 0. The van der Waals surface area contributed by atoms with Gasteiger partial charge in [-0.1, -0.05) is 43.0 Å². The summed E-state index contributed by atoms with van der Waals surface area (Å²) in [4.78, 5) is 10.8. The number of hydrogen-bond acceptors (Lipinski definition) is 3. The van der Waals surface area contributed by atoms with E-state index in [2.05, 4.69) is 6.92 Å². The lowest BCUT2D eigenvalue weighted by Gasteiger charge is -1.99. The molecule has 0 bridgehead atoms. The van der Waals surface area contributed by atoms with E-state index in [-0.39, 0.29) is 16.1 Å². The van der Waals surface area contributed by atoms with Crippen molar-refractivity contribution in [3.05, 3.63) is 36.1 Å². The summed E-state index contributed by atoms with van der Waals surface area (Å²) >= 11 is 1.13. The van der Waals surface area contributed by atoms with Crippen molar-refractivity contribution >= 4 is 16.9 Å². The second kappa shape index (κ2) is 4.92. The molecule has 1 heterocycles. The molecule has 0 aromatic rings. The van der Waals surface area contributed by atoms with Crippen molar-refractivity contribution in [3.8, 4) is 0 Å². The summed E-state index contributed by atoms with van der Waals surface area (Å²) in [6.07, 6.45) is 9.85. The fourth-order valence-electron chi connectivity index (χ4n) is 0.940. The smallest absolute Gasteiger partial charge is 0.216 e. The van der Waals surface area contributed by atoms with Crippen molar-refractivity contribution in [1.82, 2.24) is 0 Å². The van der Waals surface area contributed by atoms with E-state index in [4.69, 9.17) is 0 Å². The predicted molar refractivity (Wildman–Crippen MR) is 55.7 cm³/mol. The molecule has 1 unspecified atom stereocenters. The van der Waals surface area contributed by atoms with Crippen molar-refractivity contribution in [1.29, 1.82) is 0 Å². The van der Waals surface area contributed by atoms with E-state index in [1.807, 2.05) is 24.3 Å². The minimum absolute atomic E-state index is 0.0772. The van der Waals surface area contributed by atoms with Crippen molar-refractivity contribution in [3.63, 3.8) is 0 Å². The molecule has 1 aliphatic rings. The standard InChI is InChI=1S/C10H12O2S/c1-2-3-4-5-6-9-8(11)7-10(12)13-9/h3-7,9,11H,2H2,1H3/b4-3+,6-5+. The van der Waals surface area contributed by atoms with Crippen LogP contribution in [0.4, 0.5) is 0 Å². The van der Waals surface area contributed by atoms with E-state index in [1.165, 1.54) is 6.08 Å². The Morgan fingerprint density at radius 2 is 2.38 bits per heavy atom. The van der Waals surface area contributed by atoms with Crippen LogP contribution in [-0.2, 0) is 4.79 Å². The van der Waals surface area contributed by atoms with Crippen LogP contribution in [0.1, 0.15) is 13.3 Å². The normalized spacial score (nSPS) is 23.3. The van der Waals surface area contributed by atoms with E-state index in [0.717, 1.165) is 18.2 Å². The minimum Gasteiger partial charge on any atom is -0.511 e. The van der Waals surface area contributed by atoms with E-state index in [0.29, 0.717) is 0 Å². The summed E-state index contributed by atoms with van der Waals surface area (Å²) in [5.41, 5.74) is 0. The van der Waals surface area contributed by atoms with E-state index >= 15 is 0 Å². The van der Waals surface area contributed by atoms with Gasteiger partial charge in [-0.3, -0.25) is 4.79 Å². The highest BCUT2D eigenvalue weighted by molar-refractivity contribution is 8.15. The molecule has 0 fully saturated rings. The number of aliphatic hydroxyl groups excluding tert-OH is 1. The van der Waals surface area contributed by atoms with Gasteiger partial charge in [0.25, 0.3) is 0 Å². The first kappa shape index (κ1) is 10.1. The van der Waals surface area contributed by atoms with Gasteiger partial charge in [-0.2, -0.15) is 0 Å². The van der Waals surface area contributed by atoms with Crippen LogP contribution in [0.5, 0.6) is 0 Å². The maximum absolute atomic E-state index is 10.8. The minimum atomic E-state index is -0.186. The molecule has 70 valence electrons. The van der Waals surface area contributed by atoms with Crippen LogP contribution < -0.4 is 0 Å². The summed E-state index contributed by atoms with van der Waals surface area (Å²) in [7, 11) is 0. The van der Waals surface area contributed by atoms with E-state index < -0.39 is 0 Å². The molecule has 0 aromatic carbocycles. The molecule has 0 saturated carbocycles. The van der Waals surface area contributed by atoms with Crippen molar-refractivity contribution in [2.45, 2.75) is 18.6 Å². The lowest BCUT2D eigenvalue weighted by atomic mass is 10.3. The monoisotopic (exact) mass is 196 g/mol. The first-order valence-electron chi connectivity index (χ1n) is 4.18. The van der Waals surface area contributed by atoms with Gasteiger partial charge < -0.3 is 5.11 Å². The fraction of sp³-hybridized carbons (Fsp3) is 0.300. The highest BCUT2D eigenvalue weighted by Crippen LogP contribution is 2.27. The zero-order chi connectivity index (χ0) is 9.68. The van der Waals surface area contributed by atoms with Crippen LogP contribution in [0.25, 0.3) is 0 Å². The quantitative estimate of drug-likeness (QED) is 0.705. The average Bonchev–Trinajstić information content (AvgIpc) is 2.39. The number of hydrogen-bond donors (Lipinski definition) is 1. The topological polar surface area (TPSA) is 37.3 Å². The number of aliphatic hydroxyl groups is 1. The lowest BCUT2D eigenvalue weighted by molar-refractivity contribution is -0.106. The third-order valence-electron chi connectivity index (χ3n) is 1.57. The molecule has 1 N–H and O–H groups in total. The average molecular weight is 196 g/mol. The van der Waals surface area contributed by atoms with Crippen LogP contribution in [-0.4, -0.2) is 15.5 Å². The first-order chi connectivity index (χ1) is 6.24. The maximum Gasteiger partial charge on any atom is 0.216 e. The SMILES string of the molecule is CC/C=C/C=C/C1SC(=O)C=C1O. The molecule has 13 heavy (non-hydrogen) atoms. The van der Waals surface area contributed by atoms with Gasteiger partial charge >= 0.3 is 0 Å². The molecule has 0 saturated heterocycles. The highest BCUT2D eigenvalue weighted by Gasteiger charge is 2.22. The number of carbonyl (C=O) groups is 1. The third kappa shape index (κ3) is 3.11. The Hall–Kier alpha value is -0.960. The number of rotatable bonds is 3. The third-order valence-corrected chi connectivity index (χ3v) is 2.57. The molecule has 2 nitrogen and oxygen atoms in total. The Morgan fingerprint density at radius 3 is 2.92 bits per heavy atom. The molecule has 1 atom stereocenters. The highest BCUT2D eigenvalue weighted by atomic mass is 32.2. The second-order valence-corrected chi connectivity index (χ2v) is 3.79. The molecule has 0 amide bonds. The zero-order valence-electron chi connectivity index (χ0n) is 7.43. The Morgan fingerprint density at radius 1 is 1.62 bits per heavy atom. The maximum atomic E-state index is 10.8. The molecule has 0 aromatic heterocycles. The van der Waals surface area contributed by atoms with Crippen molar-refractivity contribution < 1.29 is 9.90 Å². The second-order valence-electron chi connectivity index (χ2n) is 2.65. The molecule has 0 aliphatic carbocycles. The van der Waals surface area contributed by atoms with Crippen LogP contribution in [0, 0.1) is 0 Å².